The second kappa shape index (κ2) is 8.02. The number of benzene rings is 1. The molecule has 1 N–H and O–H groups in total. The number of pyridine rings is 1. The van der Waals surface area contributed by atoms with Crippen molar-refractivity contribution in [3.8, 4) is 5.75 Å². The predicted molar refractivity (Wildman–Crippen MR) is 109 cm³/mol. The molecule has 0 bridgehead atoms. The highest BCUT2D eigenvalue weighted by molar-refractivity contribution is 5.97. The zero-order valence-electron chi connectivity index (χ0n) is 16.4. The first kappa shape index (κ1) is 18.5. The van der Waals surface area contributed by atoms with Crippen molar-refractivity contribution < 1.29 is 9.53 Å². The van der Waals surface area contributed by atoms with Gasteiger partial charge in [0.1, 0.15) is 18.0 Å². The van der Waals surface area contributed by atoms with Gasteiger partial charge in [0.05, 0.1) is 11.3 Å². The van der Waals surface area contributed by atoms with Gasteiger partial charge < -0.3 is 19.4 Å². The number of nitrogens with zero attached hydrogens (tertiary/aromatic N) is 3. The van der Waals surface area contributed by atoms with Crippen LogP contribution in [0.15, 0.2) is 48.8 Å². The van der Waals surface area contributed by atoms with E-state index < -0.39 is 0 Å². The number of carbonyl (C=O) groups is 1. The van der Waals surface area contributed by atoms with Gasteiger partial charge in [-0.2, -0.15) is 0 Å². The lowest BCUT2D eigenvalue weighted by atomic mass is 10.0. The summed E-state index contributed by atoms with van der Waals surface area (Å²) in [6, 6.07) is 12.0. The second-order valence-corrected chi connectivity index (χ2v) is 7.34. The number of amides is 1. The third-order valence-electron chi connectivity index (χ3n) is 5.33. The van der Waals surface area contributed by atoms with Crippen molar-refractivity contribution in [2.75, 3.05) is 20.1 Å². The summed E-state index contributed by atoms with van der Waals surface area (Å²) in [5.74, 6) is 0.646. The molecule has 6 heteroatoms. The fourth-order valence-electron chi connectivity index (χ4n) is 3.69. The molecule has 1 saturated heterocycles. The summed E-state index contributed by atoms with van der Waals surface area (Å²) in [7, 11) is 1.98. The van der Waals surface area contributed by atoms with Crippen LogP contribution in [-0.4, -0.2) is 46.4 Å². The number of carbonyl (C=O) groups excluding carboxylic acids is 1. The lowest BCUT2D eigenvalue weighted by Gasteiger charge is -2.32. The Kier molecular flexibility index (Phi) is 5.30. The topological polar surface area (TPSA) is 58.9 Å². The lowest BCUT2D eigenvalue weighted by Crippen LogP contribution is -2.44. The van der Waals surface area contributed by atoms with Crippen LogP contribution < -0.4 is 10.1 Å². The average molecular weight is 378 g/mol. The number of hydrogen-bond acceptors (Lipinski definition) is 4. The quantitative estimate of drug-likeness (QED) is 0.741. The second-order valence-electron chi connectivity index (χ2n) is 7.34. The smallest absolute Gasteiger partial charge is 0.257 e. The maximum absolute atomic E-state index is 13.0. The summed E-state index contributed by atoms with van der Waals surface area (Å²) in [6.45, 7) is 3.92. The number of ether oxygens (including phenoxy) is 1. The standard InChI is InChI=1S/C22H26N4O2/c1-16-7-8-21-24-18(14-26(21)13-16)15-28-20-6-4-3-5-19(20)22(27)25-11-9-17(23-2)10-12-25/h3-8,13-14,17,23H,9-12,15H2,1-2H3. The molecule has 1 aliphatic rings. The third kappa shape index (κ3) is 3.87. The van der Waals surface area contributed by atoms with Gasteiger partial charge in [0.15, 0.2) is 0 Å². The summed E-state index contributed by atoms with van der Waals surface area (Å²) in [5, 5.41) is 3.30. The highest BCUT2D eigenvalue weighted by atomic mass is 16.5. The number of piperidine rings is 1. The Morgan fingerprint density at radius 2 is 1.96 bits per heavy atom. The largest absolute Gasteiger partial charge is 0.486 e. The zero-order valence-corrected chi connectivity index (χ0v) is 16.4. The molecule has 3 heterocycles. The van der Waals surface area contributed by atoms with E-state index in [2.05, 4.69) is 17.2 Å². The highest BCUT2D eigenvalue weighted by Crippen LogP contribution is 2.23. The molecule has 1 aliphatic heterocycles. The Morgan fingerprint density at radius 3 is 2.75 bits per heavy atom. The Bertz CT molecular complexity index is 974. The van der Waals surface area contributed by atoms with Crippen molar-refractivity contribution in [2.24, 2.45) is 0 Å². The Labute approximate surface area is 165 Å². The first-order valence-electron chi connectivity index (χ1n) is 9.76. The van der Waals surface area contributed by atoms with E-state index in [-0.39, 0.29) is 5.91 Å². The van der Waals surface area contributed by atoms with Crippen molar-refractivity contribution in [1.29, 1.82) is 0 Å². The third-order valence-corrected chi connectivity index (χ3v) is 5.33. The number of aryl methyl sites for hydroxylation is 1. The van der Waals surface area contributed by atoms with Crippen LogP contribution in [0.25, 0.3) is 5.65 Å². The molecule has 146 valence electrons. The predicted octanol–water partition coefficient (Wildman–Crippen LogP) is 3.05. The lowest BCUT2D eigenvalue weighted by molar-refractivity contribution is 0.0702. The minimum absolute atomic E-state index is 0.0378. The number of likely N-dealkylation sites (tertiary alicyclic amines) is 1. The van der Waals surface area contributed by atoms with Crippen LogP contribution in [0.3, 0.4) is 0 Å². The molecule has 0 radical (unpaired) electrons. The van der Waals surface area contributed by atoms with Gasteiger partial charge in [0.25, 0.3) is 5.91 Å². The van der Waals surface area contributed by atoms with Gasteiger partial charge in [-0.25, -0.2) is 4.98 Å². The normalized spacial score (nSPS) is 15.1. The molecule has 28 heavy (non-hydrogen) atoms. The van der Waals surface area contributed by atoms with Crippen molar-refractivity contribution in [3.63, 3.8) is 0 Å². The van der Waals surface area contributed by atoms with E-state index in [1.807, 2.05) is 65.1 Å². The summed E-state index contributed by atoms with van der Waals surface area (Å²) < 4.78 is 8.00. The highest BCUT2D eigenvalue weighted by Gasteiger charge is 2.24. The Hall–Kier alpha value is -2.86. The molecule has 0 aliphatic carbocycles. The number of imidazole rings is 1. The Balaban J connectivity index is 1.47. The molecule has 0 unspecified atom stereocenters. The molecule has 6 nitrogen and oxygen atoms in total. The minimum Gasteiger partial charge on any atom is -0.486 e. The first-order chi connectivity index (χ1) is 13.6. The molecule has 0 spiro atoms. The van der Waals surface area contributed by atoms with Crippen molar-refractivity contribution in [1.82, 2.24) is 19.6 Å². The van der Waals surface area contributed by atoms with Crippen LogP contribution in [0.5, 0.6) is 5.75 Å². The summed E-state index contributed by atoms with van der Waals surface area (Å²) in [4.78, 5) is 19.5. The first-order valence-corrected chi connectivity index (χ1v) is 9.76. The average Bonchev–Trinajstić information content (AvgIpc) is 3.14. The molecule has 3 aromatic rings. The van der Waals surface area contributed by atoms with Gasteiger partial charge in [0.2, 0.25) is 0 Å². The molecule has 1 amide bonds. The molecule has 1 aromatic carbocycles. The molecule has 2 aromatic heterocycles. The zero-order chi connectivity index (χ0) is 19.5. The van der Waals surface area contributed by atoms with Crippen molar-refractivity contribution in [2.45, 2.75) is 32.4 Å². The molecule has 0 atom stereocenters. The number of fused-ring (bicyclic) bond motifs is 1. The maximum Gasteiger partial charge on any atom is 0.257 e. The van der Waals surface area contributed by atoms with Crippen LogP contribution in [0.1, 0.15) is 34.5 Å². The molecular weight excluding hydrogens is 352 g/mol. The summed E-state index contributed by atoms with van der Waals surface area (Å²) >= 11 is 0. The fraction of sp³-hybridized carbons (Fsp3) is 0.364. The Morgan fingerprint density at radius 1 is 1.18 bits per heavy atom. The van der Waals surface area contributed by atoms with Gasteiger partial charge in [-0.15, -0.1) is 0 Å². The molecule has 1 fully saturated rings. The van der Waals surface area contributed by atoms with Crippen LogP contribution in [0.2, 0.25) is 0 Å². The number of aromatic nitrogens is 2. The van der Waals surface area contributed by atoms with E-state index in [9.17, 15) is 4.79 Å². The minimum atomic E-state index is 0.0378. The van der Waals surface area contributed by atoms with Crippen LogP contribution in [0, 0.1) is 6.92 Å². The summed E-state index contributed by atoms with van der Waals surface area (Å²) in [6.07, 6.45) is 5.96. The fourth-order valence-corrected chi connectivity index (χ4v) is 3.69. The van der Waals surface area contributed by atoms with Gasteiger partial charge >= 0.3 is 0 Å². The molecule has 0 saturated carbocycles. The summed E-state index contributed by atoms with van der Waals surface area (Å²) in [5.41, 5.74) is 3.52. The van der Waals surface area contributed by atoms with Gasteiger partial charge in [-0.05, 0) is 50.6 Å². The number of para-hydroxylation sites is 1. The van der Waals surface area contributed by atoms with Gasteiger partial charge in [-0.1, -0.05) is 18.2 Å². The van der Waals surface area contributed by atoms with E-state index in [0.29, 0.717) is 24.0 Å². The van der Waals surface area contributed by atoms with E-state index >= 15 is 0 Å². The number of hydrogen-bond donors (Lipinski definition) is 1. The van der Waals surface area contributed by atoms with Crippen LogP contribution in [-0.2, 0) is 6.61 Å². The van der Waals surface area contributed by atoms with Crippen LogP contribution >= 0.6 is 0 Å². The van der Waals surface area contributed by atoms with Gasteiger partial charge in [-0.3, -0.25) is 4.79 Å². The van der Waals surface area contributed by atoms with E-state index in [0.717, 1.165) is 37.3 Å². The van der Waals surface area contributed by atoms with Gasteiger partial charge in [0, 0.05) is 31.5 Å². The molecular formula is C22H26N4O2. The number of nitrogens with one attached hydrogen (secondary N) is 1. The molecule has 4 rings (SSSR count). The van der Waals surface area contributed by atoms with Crippen molar-refractivity contribution >= 4 is 11.6 Å². The van der Waals surface area contributed by atoms with E-state index in [1.54, 1.807) is 0 Å². The number of rotatable bonds is 5. The maximum atomic E-state index is 13.0. The van der Waals surface area contributed by atoms with E-state index in [4.69, 9.17) is 4.74 Å². The van der Waals surface area contributed by atoms with Crippen LogP contribution in [0.4, 0.5) is 0 Å². The van der Waals surface area contributed by atoms with Crippen molar-refractivity contribution in [3.05, 3.63) is 65.6 Å². The van der Waals surface area contributed by atoms with E-state index in [1.165, 1.54) is 5.56 Å². The monoisotopic (exact) mass is 378 g/mol. The SMILES string of the molecule is CNC1CCN(C(=O)c2ccccc2OCc2cn3cc(C)ccc3n2)CC1.